The number of hydrogen-bond donors (Lipinski definition) is 1. The molecule has 0 bridgehead atoms. The first-order chi connectivity index (χ1) is 13.3. The average molecular weight is 390 g/mol. The minimum atomic E-state index is 0. The zero-order valence-corrected chi connectivity index (χ0v) is 16.3. The zero-order valence-electron chi connectivity index (χ0n) is 15.5. The van der Waals surface area contributed by atoms with E-state index in [2.05, 4.69) is 62.7 Å². The highest BCUT2D eigenvalue weighted by atomic mass is 35.5. The van der Waals surface area contributed by atoms with Gasteiger partial charge in [-0.15, -0.1) is 12.4 Å². The first kappa shape index (κ1) is 18.2. The Bertz CT molecular complexity index is 1140. The van der Waals surface area contributed by atoms with Gasteiger partial charge in [-0.3, -0.25) is 0 Å². The Morgan fingerprint density at radius 1 is 0.964 bits per heavy atom. The van der Waals surface area contributed by atoms with Crippen LogP contribution in [-0.4, -0.2) is 19.5 Å². The second-order valence-electron chi connectivity index (χ2n) is 6.80. The molecule has 28 heavy (non-hydrogen) atoms. The molecule has 2 aromatic heterocycles. The number of aromatic nitrogens is 4. The van der Waals surface area contributed by atoms with Crippen molar-refractivity contribution in [2.45, 2.75) is 19.8 Å². The smallest absolute Gasteiger partial charge is 0.137 e. The molecule has 2 aromatic carbocycles. The number of aryl methyl sites for hydroxylation is 2. The van der Waals surface area contributed by atoms with Gasteiger partial charge in [0.25, 0.3) is 0 Å². The molecule has 0 spiro atoms. The highest BCUT2D eigenvalue weighted by molar-refractivity contribution is 5.85. The molecule has 0 unspecified atom stereocenters. The van der Waals surface area contributed by atoms with Crippen LogP contribution >= 0.6 is 12.4 Å². The molecule has 1 aliphatic carbocycles. The maximum Gasteiger partial charge on any atom is 0.137 e. The standard InChI is InChI=1S/C22H19N5.ClH/c1-15-12-27(14-25-15)18-7-4-6-17(11-18)26-22-20-10-9-16-5-2-3-8-19(16)21(20)23-13-24-22;/h2-8,11-14H,9-10H2,1H3,(H,23,24,26);1H. The molecule has 2 heterocycles. The quantitative estimate of drug-likeness (QED) is 0.541. The summed E-state index contributed by atoms with van der Waals surface area (Å²) in [6, 6.07) is 16.8. The SMILES string of the molecule is Cc1cn(-c2cccc(Nc3ncnc4c3CCc3ccccc3-4)c2)cn1.Cl. The minimum absolute atomic E-state index is 0. The lowest BCUT2D eigenvalue weighted by molar-refractivity contribution is 0.914. The number of rotatable bonds is 3. The van der Waals surface area contributed by atoms with E-state index in [-0.39, 0.29) is 12.4 Å². The van der Waals surface area contributed by atoms with E-state index in [9.17, 15) is 0 Å². The summed E-state index contributed by atoms with van der Waals surface area (Å²) in [5, 5.41) is 3.49. The fourth-order valence-electron chi connectivity index (χ4n) is 3.66. The lowest BCUT2D eigenvalue weighted by atomic mass is 9.89. The van der Waals surface area contributed by atoms with E-state index in [4.69, 9.17) is 0 Å². The van der Waals surface area contributed by atoms with Crippen LogP contribution in [0, 0.1) is 6.92 Å². The average Bonchev–Trinajstić information content (AvgIpc) is 3.15. The van der Waals surface area contributed by atoms with Gasteiger partial charge in [0, 0.05) is 28.7 Å². The predicted molar refractivity (Wildman–Crippen MR) is 114 cm³/mol. The molecule has 0 aliphatic heterocycles. The molecule has 0 saturated heterocycles. The molecule has 1 aliphatic rings. The van der Waals surface area contributed by atoms with Crippen LogP contribution in [0.15, 0.2) is 67.4 Å². The Labute approximate surface area is 169 Å². The largest absolute Gasteiger partial charge is 0.340 e. The summed E-state index contributed by atoms with van der Waals surface area (Å²) in [4.78, 5) is 13.4. The van der Waals surface area contributed by atoms with Crippen molar-refractivity contribution < 1.29 is 0 Å². The van der Waals surface area contributed by atoms with Gasteiger partial charge in [0.15, 0.2) is 0 Å². The normalized spacial score (nSPS) is 11.9. The highest BCUT2D eigenvalue weighted by Crippen LogP contribution is 2.35. The Morgan fingerprint density at radius 3 is 2.71 bits per heavy atom. The Hall–Kier alpha value is -3.18. The van der Waals surface area contributed by atoms with Crippen LogP contribution in [0.2, 0.25) is 0 Å². The summed E-state index contributed by atoms with van der Waals surface area (Å²) in [6.45, 7) is 1.99. The maximum atomic E-state index is 4.57. The van der Waals surface area contributed by atoms with Crippen molar-refractivity contribution in [2.24, 2.45) is 0 Å². The third-order valence-corrected chi connectivity index (χ3v) is 4.98. The molecule has 5 rings (SSSR count). The van der Waals surface area contributed by atoms with Gasteiger partial charge in [-0.25, -0.2) is 15.0 Å². The molecule has 4 aromatic rings. The van der Waals surface area contributed by atoms with Crippen molar-refractivity contribution in [2.75, 3.05) is 5.32 Å². The van der Waals surface area contributed by atoms with E-state index in [1.165, 1.54) is 16.7 Å². The molecule has 0 fully saturated rings. The van der Waals surface area contributed by atoms with E-state index in [0.717, 1.165) is 41.4 Å². The number of nitrogens with one attached hydrogen (secondary N) is 1. The summed E-state index contributed by atoms with van der Waals surface area (Å²) >= 11 is 0. The molecule has 140 valence electrons. The van der Waals surface area contributed by atoms with Gasteiger partial charge in [-0.1, -0.05) is 30.3 Å². The number of benzene rings is 2. The van der Waals surface area contributed by atoms with Crippen LogP contribution in [0.3, 0.4) is 0 Å². The van der Waals surface area contributed by atoms with Crippen molar-refractivity contribution >= 4 is 23.9 Å². The number of imidazole rings is 1. The van der Waals surface area contributed by atoms with Crippen LogP contribution < -0.4 is 5.32 Å². The summed E-state index contributed by atoms with van der Waals surface area (Å²) in [6.07, 6.45) is 7.45. The molecule has 0 radical (unpaired) electrons. The van der Waals surface area contributed by atoms with Gasteiger partial charge in [0.05, 0.1) is 17.7 Å². The van der Waals surface area contributed by atoms with E-state index in [1.807, 2.05) is 30.1 Å². The maximum absolute atomic E-state index is 4.57. The minimum Gasteiger partial charge on any atom is -0.340 e. The van der Waals surface area contributed by atoms with Gasteiger partial charge >= 0.3 is 0 Å². The summed E-state index contributed by atoms with van der Waals surface area (Å²) in [7, 11) is 0. The number of anilines is 2. The molecule has 0 saturated carbocycles. The summed E-state index contributed by atoms with van der Waals surface area (Å²) in [5.41, 5.74) is 7.85. The Balaban J connectivity index is 0.00000192. The molecular weight excluding hydrogens is 370 g/mol. The number of fused-ring (bicyclic) bond motifs is 3. The molecule has 0 atom stereocenters. The monoisotopic (exact) mass is 389 g/mol. The second kappa shape index (κ2) is 7.44. The lowest BCUT2D eigenvalue weighted by Crippen LogP contribution is -2.10. The van der Waals surface area contributed by atoms with Crippen LogP contribution in [0.25, 0.3) is 16.9 Å². The number of hydrogen-bond acceptors (Lipinski definition) is 4. The van der Waals surface area contributed by atoms with E-state index >= 15 is 0 Å². The number of nitrogens with zero attached hydrogens (tertiary/aromatic N) is 4. The topological polar surface area (TPSA) is 55.6 Å². The molecule has 6 heteroatoms. The zero-order chi connectivity index (χ0) is 18.2. The van der Waals surface area contributed by atoms with Crippen molar-refractivity contribution in [3.8, 4) is 16.9 Å². The second-order valence-corrected chi connectivity index (χ2v) is 6.80. The van der Waals surface area contributed by atoms with E-state index < -0.39 is 0 Å². The first-order valence-electron chi connectivity index (χ1n) is 9.08. The molecular formula is C22H20ClN5. The fourth-order valence-corrected chi connectivity index (χ4v) is 3.66. The van der Waals surface area contributed by atoms with E-state index in [1.54, 1.807) is 6.33 Å². The van der Waals surface area contributed by atoms with Gasteiger partial charge in [0.1, 0.15) is 12.1 Å². The fraction of sp³-hybridized carbons (Fsp3) is 0.136. The molecule has 1 N–H and O–H groups in total. The summed E-state index contributed by atoms with van der Waals surface area (Å²) in [5.74, 6) is 0.883. The van der Waals surface area contributed by atoms with Gasteiger partial charge < -0.3 is 9.88 Å². The van der Waals surface area contributed by atoms with Gasteiger partial charge in [-0.2, -0.15) is 0 Å². The van der Waals surface area contributed by atoms with Crippen molar-refractivity contribution in [3.63, 3.8) is 0 Å². The van der Waals surface area contributed by atoms with Crippen molar-refractivity contribution in [3.05, 3.63) is 84.2 Å². The van der Waals surface area contributed by atoms with Crippen LogP contribution in [-0.2, 0) is 12.8 Å². The van der Waals surface area contributed by atoms with Crippen molar-refractivity contribution in [1.29, 1.82) is 0 Å². The van der Waals surface area contributed by atoms with E-state index in [0.29, 0.717) is 0 Å². The van der Waals surface area contributed by atoms with Crippen LogP contribution in [0.1, 0.15) is 16.8 Å². The van der Waals surface area contributed by atoms with Crippen LogP contribution in [0.5, 0.6) is 0 Å². The third kappa shape index (κ3) is 3.25. The molecule has 5 nitrogen and oxygen atoms in total. The van der Waals surface area contributed by atoms with Gasteiger partial charge in [-0.05, 0) is 43.5 Å². The lowest BCUT2D eigenvalue weighted by Gasteiger charge is -2.21. The van der Waals surface area contributed by atoms with Gasteiger partial charge in [0.2, 0.25) is 0 Å². The number of halogens is 1. The van der Waals surface area contributed by atoms with Crippen molar-refractivity contribution in [1.82, 2.24) is 19.5 Å². The predicted octanol–water partition coefficient (Wildman–Crippen LogP) is 4.90. The first-order valence-corrected chi connectivity index (χ1v) is 9.08. The Morgan fingerprint density at radius 2 is 1.86 bits per heavy atom. The highest BCUT2D eigenvalue weighted by Gasteiger charge is 2.20. The Kier molecular flexibility index (Phi) is 4.84. The third-order valence-electron chi connectivity index (χ3n) is 4.98. The molecule has 0 amide bonds. The summed E-state index contributed by atoms with van der Waals surface area (Å²) < 4.78 is 2.02. The van der Waals surface area contributed by atoms with Crippen LogP contribution in [0.4, 0.5) is 11.5 Å².